The number of unbranched alkanes of at least 4 members (excludes halogenated alkanes) is 1. The van der Waals surface area contributed by atoms with Gasteiger partial charge in [-0.05, 0) is 30.0 Å². The number of anilines is 2. The molecule has 2 aromatic rings. The lowest BCUT2D eigenvalue weighted by atomic mass is 9.95. The van der Waals surface area contributed by atoms with Crippen LogP contribution in [0.3, 0.4) is 0 Å². The SMILES string of the molecule is CCCCOC(=O)N1CCN(c2ccc([N+](=O)[O-])c(NC(c3ccccc3)C(C)C)c2)CC1. The molecule has 2 aromatic carbocycles. The van der Waals surface area contributed by atoms with Crippen LogP contribution in [-0.2, 0) is 4.74 Å². The Labute approximate surface area is 195 Å². The quantitative estimate of drug-likeness (QED) is 0.307. The number of amides is 1. The zero-order chi connectivity index (χ0) is 23.8. The Hall–Kier alpha value is -3.29. The van der Waals surface area contributed by atoms with Gasteiger partial charge in [0.1, 0.15) is 5.69 Å². The van der Waals surface area contributed by atoms with Gasteiger partial charge in [0.15, 0.2) is 0 Å². The number of hydrogen-bond donors (Lipinski definition) is 1. The molecule has 1 aliphatic rings. The van der Waals surface area contributed by atoms with Crippen molar-refractivity contribution in [3.63, 3.8) is 0 Å². The van der Waals surface area contributed by atoms with Gasteiger partial charge < -0.3 is 19.9 Å². The molecule has 0 aromatic heterocycles. The van der Waals surface area contributed by atoms with Crippen molar-refractivity contribution < 1.29 is 14.5 Å². The molecule has 1 aliphatic heterocycles. The van der Waals surface area contributed by atoms with Gasteiger partial charge in [-0.25, -0.2) is 4.79 Å². The highest BCUT2D eigenvalue weighted by Crippen LogP contribution is 2.35. The maximum absolute atomic E-state index is 12.2. The largest absolute Gasteiger partial charge is 0.449 e. The zero-order valence-electron chi connectivity index (χ0n) is 19.7. The average Bonchev–Trinajstić information content (AvgIpc) is 2.82. The molecule has 1 N–H and O–H groups in total. The van der Waals surface area contributed by atoms with E-state index in [1.807, 2.05) is 36.4 Å². The molecule has 1 fully saturated rings. The number of ether oxygens (including phenoxy) is 1. The van der Waals surface area contributed by atoms with Gasteiger partial charge in [0.2, 0.25) is 0 Å². The van der Waals surface area contributed by atoms with E-state index >= 15 is 0 Å². The summed E-state index contributed by atoms with van der Waals surface area (Å²) in [6, 6.07) is 15.1. The Kier molecular flexibility index (Phi) is 8.52. The normalized spacial score (nSPS) is 14.8. The number of benzene rings is 2. The average molecular weight is 455 g/mol. The molecule has 8 nitrogen and oxygen atoms in total. The minimum atomic E-state index is -0.348. The minimum absolute atomic E-state index is 0.0541. The van der Waals surface area contributed by atoms with E-state index < -0.39 is 0 Å². The molecule has 1 amide bonds. The number of hydrogen-bond acceptors (Lipinski definition) is 6. The maximum Gasteiger partial charge on any atom is 0.409 e. The number of nitrogens with one attached hydrogen (secondary N) is 1. The molecule has 178 valence electrons. The van der Waals surface area contributed by atoms with E-state index in [1.54, 1.807) is 17.0 Å². The van der Waals surface area contributed by atoms with Crippen molar-refractivity contribution in [1.82, 2.24) is 4.90 Å². The number of carbonyl (C=O) groups is 1. The first kappa shape index (κ1) is 24.4. The van der Waals surface area contributed by atoms with Crippen molar-refractivity contribution >= 4 is 23.2 Å². The van der Waals surface area contributed by atoms with Gasteiger partial charge >= 0.3 is 6.09 Å². The van der Waals surface area contributed by atoms with Gasteiger partial charge in [-0.15, -0.1) is 0 Å². The van der Waals surface area contributed by atoms with Gasteiger partial charge in [0.05, 0.1) is 17.6 Å². The summed E-state index contributed by atoms with van der Waals surface area (Å²) in [6.07, 6.45) is 1.58. The zero-order valence-corrected chi connectivity index (χ0v) is 19.7. The van der Waals surface area contributed by atoms with E-state index in [9.17, 15) is 14.9 Å². The van der Waals surface area contributed by atoms with Gasteiger partial charge in [-0.1, -0.05) is 57.5 Å². The maximum atomic E-state index is 12.2. The molecule has 1 unspecified atom stereocenters. The van der Waals surface area contributed by atoms with Crippen LogP contribution in [0.2, 0.25) is 0 Å². The van der Waals surface area contributed by atoms with Crippen LogP contribution in [-0.4, -0.2) is 48.7 Å². The molecule has 8 heteroatoms. The molecule has 0 saturated carbocycles. The number of carbonyl (C=O) groups excluding carboxylic acids is 1. The molecule has 0 spiro atoms. The summed E-state index contributed by atoms with van der Waals surface area (Å²) >= 11 is 0. The van der Waals surface area contributed by atoms with Crippen LogP contribution in [0.25, 0.3) is 0 Å². The summed E-state index contributed by atoms with van der Waals surface area (Å²) < 4.78 is 5.32. The van der Waals surface area contributed by atoms with Crippen LogP contribution in [0.15, 0.2) is 48.5 Å². The van der Waals surface area contributed by atoms with Crippen LogP contribution < -0.4 is 10.2 Å². The van der Waals surface area contributed by atoms with Crippen LogP contribution in [0.4, 0.5) is 21.9 Å². The van der Waals surface area contributed by atoms with E-state index in [1.165, 1.54) is 0 Å². The molecule has 1 saturated heterocycles. The second kappa shape index (κ2) is 11.5. The van der Waals surface area contributed by atoms with E-state index in [0.717, 1.165) is 24.1 Å². The summed E-state index contributed by atoms with van der Waals surface area (Å²) in [6.45, 7) is 9.11. The van der Waals surface area contributed by atoms with Crippen LogP contribution in [0, 0.1) is 16.0 Å². The third-order valence-electron chi connectivity index (χ3n) is 5.94. The highest BCUT2D eigenvalue weighted by molar-refractivity contribution is 5.71. The number of nitro groups is 1. The molecular weight excluding hydrogens is 420 g/mol. The Morgan fingerprint density at radius 2 is 1.82 bits per heavy atom. The Balaban J connectivity index is 1.74. The third-order valence-corrected chi connectivity index (χ3v) is 5.94. The van der Waals surface area contributed by atoms with Crippen LogP contribution in [0.1, 0.15) is 45.2 Å². The van der Waals surface area contributed by atoms with Crippen molar-refractivity contribution in [2.45, 2.75) is 39.7 Å². The summed E-state index contributed by atoms with van der Waals surface area (Å²) in [4.78, 5) is 27.5. The Morgan fingerprint density at radius 3 is 2.42 bits per heavy atom. The fourth-order valence-corrected chi connectivity index (χ4v) is 4.00. The van der Waals surface area contributed by atoms with Gasteiger partial charge in [-0.3, -0.25) is 10.1 Å². The third kappa shape index (κ3) is 6.37. The fourth-order valence-electron chi connectivity index (χ4n) is 4.00. The van der Waals surface area contributed by atoms with Crippen molar-refractivity contribution in [1.29, 1.82) is 0 Å². The number of nitrogens with zero attached hydrogens (tertiary/aromatic N) is 3. The summed E-state index contributed by atoms with van der Waals surface area (Å²) in [5.74, 6) is 0.234. The summed E-state index contributed by atoms with van der Waals surface area (Å²) in [5.41, 5.74) is 2.54. The second-order valence-corrected chi connectivity index (χ2v) is 8.68. The lowest BCUT2D eigenvalue weighted by Crippen LogP contribution is -2.49. The van der Waals surface area contributed by atoms with Crippen molar-refractivity contribution in [2.75, 3.05) is 43.0 Å². The van der Waals surface area contributed by atoms with Gasteiger partial charge in [0.25, 0.3) is 5.69 Å². The number of piperazine rings is 1. The molecular formula is C25H34N4O4. The first-order valence-electron chi connectivity index (χ1n) is 11.7. The number of nitro benzene ring substituents is 1. The van der Waals surface area contributed by atoms with E-state index in [0.29, 0.717) is 38.5 Å². The molecule has 0 aliphatic carbocycles. The molecule has 0 bridgehead atoms. The Bertz CT molecular complexity index is 927. The lowest BCUT2D eigenvalue weighted by molar-refractivity contribution is -0.384. The van der Waals surface area contributed by atoms with Crippen LogP contribution >= 0.6 is 0 Å². The molecule has 3 rings (SSSR count). The molecule has 1 atom stereocenters. The Morgan fingerprint density at radius 1 is 1.12 bits per heavy atom. The first-order valence-corrected chi connectivity index (χ1v) is 11.7. The predicted octanol–water partition coefficient (Wildman–Crippen LogP) is 5.46. The highest BCUT2D eigenvalue weighted by Gasteiger charge is 2.25. The van der Waals surface area contributed by atoms with Gasteiger partial charge in [-0.2, -0.15) is 0 Å². The standard InChI is InChI=1S/C25H34N4O4/c1-4-5-17-33-25(30)28-15-13-27(14-16-28)21-11-12-23(29(31)32)22(18-21)26-24(19(2)3)20-9-7-6-8-10-20/h6-12,18-19,24,26H,4-5,13-17H2,1-3H3. The minimum Gasteiger partial charge on any atom is -0.449 e. The smallest absolute Gasteiger partial charge is 0.409 e. The predicted molar refractivity (Wildman–Crippen MR) is 131 cm³/mol. The lowest BCUT2D eigenvalue weighted by Gasteiger charge is -2.35. The first-order chi connectivity index (χ1) is 15.9. The van der Waals surface area contributed by atoms with Crippen LogP contribution in [0.5, 0.6) is 0 Å². The van der Waals surface area contributed by atoms with Crippen molar-refractivity contribution in [2.24, 2.45) is 5.92 Å². The van der Waals surface area contributed by atoms with Crippen molar-refractivity contribution in [3.8, 4) is 0 Å². The monoisotopic (exact) mass is 454 g/mol. The molecule has 0 radical (unpaired) electrons. The van der Waals surface area contributed by atoms with E-state index in [4.69, 9.17) is 4.74 Å². The summed E-state index contributed by atoms with van der Waals surface area (Å²) in [7, 11) is 0. The fraction of sp³-hybridized carbons (Fsp3) is 0.480. The topological polar surface area (TPSA) is 88.0 Å². The molecule has 1 heterocycles. The van der Waals surface area contributed by atoms with E-state index in [2.05, 4.69) is 31.0 Å². The highest BCUT2D eigenvalue weighted by atomic mass is 16.6. The van der Waals surface area contributed by atoms with E-state index in [-0.39, 0.29) is 28.7 Å². The van der Waals surface area contributed by atoms with Gasteiger partial charge in [0, 0.05) is 37.9 Å². The second-order valence-electron chi connectivity index (χ2n) is 8.68. The number of rotatable bonds is 9. The summed E-state index contributed by atoms with van der Waals surface area (Å²) in [5, 5.41) is 15.1. The van der Waals surface area contributed by atoms with Crippen molar-refractivity contribution in [3.05, 3.63) is 64.2 Å². The molecule has 33 heavy (non-hydrogen) atoms.